The molecule has 3 saturated heterocycles. The molecule has 20 heteroatoms. The Balaban J connectivity index is 0.730. The number of methoxy groups -OCH3 is 3. The average molecular weight is 935 g/mol. The summed E-state index contributed by atoms with van der Waals surface area (Å²) in [6, 6.07) is 14.6. The number of urea groups is 1. The van der Waals surface area contributed by atoms with Gasteiger partial charge in [-0.3, -0.25) is 14.5 Å². The number of ether oxygens (including phenoxy) is 4. The molecule has 2 N–H and O–H groups in total. The third-order valence-electron chi connectivity index (χ3n) is 13.6. The van der Waals surface area contributed by atoms with E-state index < -0.39 is 6.23 Å². The van der Waals surface area contributed by atoms with Gasteiger partial charge < -0.3 is 53.1 Å². The van der Waals surface area contributed by atoms with Crippen molar-refractivity contribution in [1.29, 1.82) is 0 Å². The number of carbonyl (C=O) groups excluding carboxylic acids is 3. The molecule has 2 aromatic carbocycles. The van der Waals surface area contributed by atoms with Gasteiger partial charge in [-0.05, 0) is 86.9 Å². The van der Waals surface area contributed by atoms with Crippen molar-refractivity contribution >= 4 is 17.8 Å². The number of nitrogens with one attached hydrogen (secondary N) is 1. The van der Waals surface area contributed by atoms with Crippen LogP contribution in [0.15, 0.2) is 57.6 Å². The van der Waals surface area contributed by atoms with E-state index in [9.17, 15) is 19.5 Å². The second-order valence-corrected chi connectivity index (χ2v) is 17.6. The molecule has 3 fully saturated rings. The minimum absolute atomic E-state index is 0.00704. The maximum Gasteiger partial charge on any atom is 0.317 e. The molecule has 0 radical (unpaired) electrons. The highest BCUT2D eigenvalue weighted by molar-refractivity contribution is 5.84. The number of hydrogen-bond acceptors (Lipinski definition) is 16. The molecule has 360 valence electrons. The summed E-state index contributed by atoms with van der Waals surface area (Å²) in [5.41, 5.74) is 4.11. The zero-order chi connectivity index (χ0) is 47.3. The minimum Gasteiger partial charge on any atom is -0.493 e. The first-order chi connectivity index (χ1) is 33.1. The van der Waals surface area contributed by atoms with E-state index in [-0.39, 0.29) is 48.7 Å². The molecule has 0 saturated carbocycles. The number of nitrogens with zero attached hydrogens (tertiary/aromatic N) is 9. The second kappa shape index (κ2) is 20.6. The molecule has 5 aromatic rings. The van der Waals surface area contributed by atoms with Crippen LogP contribution in [-0.2, 0) is 16.1 Å². The monoisotopic (exact) mass is 934 g/mol. The lowest BCUT2D eigenvalue weighted by molar-refractivity contribution is -0.136. The first-order valence-corrected chi connectivity index (χ1v) is 23.3. The Morgan fingerprint density at radius 3 is 2.07 bits per heavy atom. The Labute approximate surface area is 393 Å². The van der Waals surface area contributed by atoms with Crippen LogP contribution in [0.3, 0.4) is 0 Å². The van der Waals surface area contributed by atoms with Gasteiger partial charge in [0.05, 0.1) is 41.0 Å². The quantitative estimate of drug-likeness (QED) is 0.148. The summed E-state index contributed by atoms with van der Waals surface area (Å²) in [5, 5.41) is 22.7. The molecule has 2 unspecified atom stereocenters. The van der Waals surface area contributed by atoms with Crippen LogP contribution in [0.25, 0.3) is 22.9 Å². The molecule has 4 aliphatic rings. The van der Waals surface area contributed by atoms with Gasteiger partial charge >= 0.3 is 6.03 Å². The molecule has 4 aliphatic heterocycles. The van der Waals surface area contributed by atoms with Crippen LogP contribution >= 0.6 is 0 Å². The number of benzene rings is 2. The van der Waals surface area contributed by atoms with Crippen LogP contribution < -0.4 is 24.3 Å². The van der Waals surface area contributed by atoms with Crippen LogP contribution in [-0.4, -0.2) is 148 Å². The normalized spacial score (nSPS) is 19.2. The maximum atomic E-state index is 13.7. The van der Waals surface area contributed by atoms with E-state index in [1.54, 1.807) is 48.3 Å². The molecule has 7 heterocycles. The van der Waals surface area contributed by atoms with E-state index in [0.717, 1.165) is 35.1 Å². The Morgan fingerprint density at radius 2 is 1.38 bits per heavy atom. The van der Waals surface area contributed by atoms with Crippen LogP contribution in [0.1, 0.15) is 97.9 Å². The Bertz CT molecular complexity index is 2590. The first-order valence-electron chi connectivity index (χ1n) is 23.3. The van der Waals surface area contributed by atoms with Crippen molar-refractivity contribution in [2.75, 3.05) is 80.3 Å². The zero-order valence-electron chi connectivity index (χ0n) is 38.9. The van der Waals surface area contributed by atoms with Gasteiger partial charge in [-0.2, -0.15) is 9.97 Å². The summed E-state index contributed by atoms with van der Waals surface area (Å²) < 4.78 is 33.0. The van der Waals surface area contributed by atoms with E-state index in [1.807, 2.05) is 34.9 Å². The SMILES string of the molecule is CCOc1ccc(-c2noc(C3CCN(C(=O)CN4Cc5c(C6CCCN(C(=O)NCC(=O)N7CCC(c8nc(-c9ccc(OC)c(OC)c9)no8)CC7)C6)cccc5C4O)CC3)n2)nc1OC. The van der Waals surface area contributed by atoms with Gasteiger partial charge in [0.15, 0.2) is 17.2 Å². The van der Waals surface area contributed by atoms with E-state index in [4.69, 9.17) is 28.0 Å². The standard InChI is InChI=1S/C48H58N10O10/c1-5-66-38-14-12-36(50-46(38)65-4)43-52-45(68-54-43)30-17-22-56(23-18-30)41(60)28-58-27-35-33(9-6-10-34(35)47(58)61)32-8-7-19-57(26-32)48(62)49-25-40(59)55-20-15-29(16-21-55)44-51-42(53-67-44)31-11-13-37(63-2)39(24-31)64-3/h6,9-14,24,29-30,32,47,61H,5,7-8,15-23,25-28H2,1-4H3,(H,49,62). The van der Waals surface area contributed by atoms with E-state index in [1.165, 1.54) is 7.11 Å². The Hall–Kier alpha value is -6.80. The van der Waals surface area contributed by atoms with E-state index in [0.29, 0.717) is 130 Å². The smallest absolute Gasteiger partial charge is 0.317 e. The molecular weight excluding hydrogens is 877 g/mol. The number of amides is 4. The van der Waals surface area contributed by atoms with Gasteiger partial charge in [-0.1, -0.05) is 28.5 Å². The van der Waals surface area contributed by atoms with Gasteiger partial charge in [-0.25, -0.2) is 9.78 Å². The van der Waals surface area contributed by atoms with Crippen molar-refractivity contribution in [3.63, 3.8) is 0 Å². The van der Waals surface area contributed by atoms with Crippen LogP contribution in [0.4, 0.5) is 4.79 Å². The summed E-state index contributed by atoms with van der Waals surface area (Å²) >= 11 is 0. The molecule has 68 heavy (non-hydrogen) atoms. The second-order valence-electron chi connectivity index (χ2n) is 17.6. The van der Waals surface area contributed by atoms with E-state index in [2.05, 4.69) is 36.6 Å². The highest BCUT2D eigenvalue weighted by Gasteiger charge is 2.37. The Morgan fingerprint density at radius 1 is 0.721 bits per heavy atom. The molecule has 2 atom stereocenters. The predicted octanol–water partition coefficient (Wildman–Crippen LogP) is 5.11. The first kappa shape index (κ1) is 46.3. The summed E-state index contributed by atoms with van der Waals surface area (Å²) in [5.74, 6) is 3.74. The topological polar surface area (TPSA) is 224 Å². The molecule has 3 aromatic heterocycles. The number of likely N-dealkylation sites (tertiary alicyclic amines) is 3. The largest absolute Gasteiger partial charge is 0.493 e. The molecule has 0 aliphatic carbocycles. The van der Waals surface area contributed by atoms with Gasteiger partial charge in [0.2, 0.25) is 35.2 Å². The Kier molecular flexibility index (Phi) is 14.0. The molecular formula is C48H58N10O10. The molecule has 0 bridgehead atoms. The third kappa shape index (κ3) is 9.78. The van der Waals surface area contributed by atoms with Crippen molar-refractivity contribution < 1.29 is 47.5 Å². The number of aliphatic hydroxyl groups excluding tert-OH is 1. The van der Waals surface area contributed by atoms with Gasteiger partial charge in [0, 0.05) is 74.7 Å². The maximum absolute atomic E-state index is 13.7. The van der Waals surface area contributed by atoms with Gasteiger partial charge in [0.1, 0.15) is 11.9 Å². The lowest BCUT2D eigenvalue weighted by Gasteiger charge is -2.34. The third-order valence-corrected chi connectivity index (χ3v) is 13.6. The van der Waals surface area contributed by atoms with Crippen molar-refractivity contribution in [3.05, 3.63) is 77.0 Å². The lowest BCUT2D eigenvalue weighted by atomic mass is 9.86. The lowest BCUT2D eigenvalue weighted by Crippen LogP contribution is -2.49. The summed E-state index contributed by atoms with van der Waals surface area (Å²) in [6.45, 7) is 5.88. The molecule has 0 spiro atoms. The number of aliphatic hydroxyl groups is 1. The van der Waals surface area contributed by atoms with Crippen LogP contribution in [0.2, 0.25) is 0 Å². The number of piperidine rings is 3. The van der Waals surface area contributed by atoms with E-state index >= 15 is 0 Å². The van der Waals surface area contributed by atoms with Gasteiger partial charge in [0.25, 0.3) is 5.88 Å². The molecule has 20 nitrogen and oxygen atoms in total. The predicted molar refractivity (Wildman–Crippen MR) is 244 cm³/mol. The molecule has 9 rings (SSSR count). The number of hydrogen-bond donors (Lipinski definition) is 2. The van der Waals surface area contributed by atoms with Crippen LogP contribution in [0.5, 0.6) is 23.1 Å². The fourth-order valence-electron chi connectivity index (χ4n) is 9.84. The van der Waals surface area contributed by atoms with Crippen molar-refractivity contribution in [1.82, 2.24) is 50.2 Å². The number of aromatic nitrogens is 5. The number of carbonyl (C=O) groups is 3. The fraction of sp³-hybridized carbons (Fsp3) is 0.500. The highest BCUT2D eigenvalue weighted by atomic mass is 16.5. The van der Waals surface area contributed by atoms with Crippen molar-refractivity contribution in [2.45, 2.75) is 76.0 Å². The summed E-state index contributed by atoms with van der Waals surface area (Å²) in [6.07, 6.45) is 3.39. The average Bonchev–Trinajstić information content (AvgIpc) is 4.16. The highest BCUT2D eigenvalue weighted by Crippen LogP contribution is 2.40. The summed E-state index contributed by atoms with van der Waals surface area (Å²) in [7, 11) is 4.68. The van der Waals surface area contributed by atoms with Crippen molar-refractivity contribution in [3.8, 4) is 46.0 Å². The minimum atomic E-state index is -0.925. The number of fused-ring (bicyclic) bond motifs is 1. The van der Waals surface area contributed by atoms with Crippen LogP contribution in [0, 0.1) is 0 Å². The van der Waals surface area contributed by atoms with Gasteiger partial charge in [-0.15, -0.1) is 0 Å². The zero-order valence-corrected chi connectivity index (χ0v) is 38.9. The van der Waals surface area contributed by atoms with Crippen molar-refractivity contribution in [2.24, 2.45) is 0 Å². The molecule has 4 amide bonds. The fourth-order valence-corrected chi connectivity index (χ4v) is 9.84. The summed E-state index contributed by atoms with van der Waals surface area (Å²) in [4.78, 5) is 61.4. The number of rotatable bonds is 14. The number of pyridine rings is 1.